The molecule has 630 valence electrons. The van der Waals surface area contributed by atoms with Crippen LogP contribution in [0.1, 0.15) is 77.6 Å². The molecule has 16 aromatic carbocycles. The van der Waals surface area contributed by atoms with Crippen molar-refractivity contribution in [3.05, 3.63) is 391 Å². The Labute approximate surface area is 760 Å². The zero-order valence-corrected chi connectivity index (χ0v) is 74.0. The van der Waals surface area contributed by atoms with E-state index in [4.69, 9.17) is 56.4 Å². The number of nitrogens with zero attached hydrogens (tertiary/aromatic N) is 8. The van der Waals surface area contributed by atoms with E-state index in [1.165, 1.54) is 33.6 Å². The van der Waals surface area contributed by atoms with Crippen molar-refractivity contribution in [3.8, 4) is 79.9 Å². The third-order valence-electron chi connectivity index (χ3n) is 26.1. The molecule has 0 radical (unpaired) electrons. The van der Waals surface area contributed by atoms with Crippen LogP contribution >= 0.6 is 15.9 Å². The fourth-order valence-electron chi connectivity index (χ4n) is 18.8. The Hall–Kier alpha value is -15.3. The first-order valence-corrected chi connectivity index (χ1v) is 44.5. The number of hydrogen-bond acceptors (Lipinski definition) is 16. The van der Waals surface area contributed by atoms with Crippen LogP contribution in [0.15, 0.2) is 386 Å². The van der Waals surface area contributed by atoms with Crippen molar-refractivity contribution in [3.63, 3.8) is 0 Å². The summed E-state index contributed by atoms with van der Waals surface area (Å²) >= 11 is 3.71. The van der Waals surface area contributed by atoms with Gasteiger partial charge in [0.1, 0.15) is 22.1 Å². The predicted octanol–water partition coefficient (Wildman–Crippen LogP) is 30.4. The molecule has 9 heterocycles. The molecule has 0 saturated carbocycles. The Balaban J connectivity index is 0.000000118. The van der Waals surface area contributed by atoms with Crippen LogP contribution in [-0.4, -0.2) is 38.3 Å². The van der Waals surface area contributed by atoms with Crippen LogP contribution in [-0.2, 0) is 20.1 Å². The van der Waals surface area contributed by atoms with Gasteiger partial charge in [-0.15, -0.1) is 0 Å². The van der Waals surface area contributed by atoms with E-state index in [0.29, 0.717) is 29.1 Å². The largest absolute Gasteiger partial charge is 0.495 e. The summed E-state index contributed by atoms with van der Waals surface area (Å²) in [7, 11) is -0.566. The van der Waals surface area contributed by atoms with Crippen LogP contribution in [0.5, 0.6) is 23.0 Å². The monoisotopic (exact) mass is 1760 g/mol. The van der Waals surface area contributed by atoms with E-state index in [1.54, 1.807) is 0 Å². The molecule has 0 N–H and O–H groups in total. The van der Waals surface area contributed by atoms with Crippen molar-refractivity contribution in [2.75, 3.05) is 19.6 Å². The van der Waals surface area contributed by atoms with E-state index >= 15 is 0 Å². The number of aromatic nitrogens is 4. The first-order chi connectivity index (χ1) is 63.3. The molecule has 0 spiro atoms. The van der Waals surface area contributed by atoms with Gasteiger partial charge in [0.05, 0.1) is 62.3 Å². The normalized spacial score (nSPS) is 14.9. The number of oxazole rings is 4. The smallest absolute Gasteiger partial charge is 0.453 e. The first-order valence-electron chi connectivity index (χ1n) is 43.7. The maximum atomic E-state index is 6.63. The minimum absolute atomic E-state index is 0.0812. The third kappa shape index (κ3) is 13.4. The molecule has 18 heteroatoms. The maximum absolute atomic E-state index is 6.63. The van der Waals surface area contributed by atoms with Gasteiger partial charge in [-0.2, -0.15) is 0 Å². The molecule has 130 heavy (non-hydrogen) atoms. The Kier molecular flexibility index (Phi) is 18.9. The second-order valence-corrected chi connectivity index (χ2v) is 36.0. The van der Waals surface area contributed by atoms with Crippen LogP contribution in [0.4, 0.5) is 68.2 Å². The van der Waals surface area contributed by atoms with Crippen LogP contribution in [0, 0.1) is 0 Å². The highest BCUT2D eigenvalue weighted by Crippen LogP contribution is 2.58. The minimum Gasteiger partial charge on any atom is -0.453 e. The lowest BCUT2D eigenvalue weighted by Crippen LogP contribution is -2.41. The number of ether oxygens (including phenoxy) is 2. The van der Waals surface area contributed by atoms with Gasteiger partial charge >= 0.3 is 7.12 Å². The molecule has 5 aliphatic heterocycles. The lowest BCUT2D eigenvalue weighted by molar-refractivity contribution is 0.00578. The summed E-state index contributed by atoms with van der Waals surface area (Å²) in [5.74, 6) is 5.32. The number of rotatable bonds is 10. The van der Waals surface area contributed by atoms with E-state index in [-0.39, 0.29) is 10.8 Å². The summed E-state index contributed by atoms with van der Waals surface area (Å²) in [5.41, 5.74) is 28.6. The first kappa shape index (κ1) is 79.3. The average Bonchev–Trinajstić information content (AvgIpc) is 0.839. The zero-order valence-electron chi connectivity index (χ0n) is 72.4. The van der Waals surface area contributed by atoms with Gasteiger partial charge in [-0.1, -0.05) is 216 Å². The molecule has 1 saturated heterocycles. The van der Waals surface area contributed by atoms with Gasteiger partial charge in [-0.25, -0.2) is 19.9 Å². The summed E-state index contributed by atoms with van der Waals surface area (Å²) in [5, 5.41) is 0. The molecule has 0 bridgehead atoms. The standard InChI is InChI=1S/C53H36N4O3.C31H27BN2O4.C28H21BrN2O/c1-53(2)39-15-3-7-19-43(39)56(44-20-8-4-16-40(44)53)33-27-29-35(37(31-33)51-54-41-17-5-11-23-47(41)59-51)36-30-28-34(32-38(36)52-55-42-18-6-12-24-48(42)60-52)57-45-21-9-13-25-49(45)58-50-26-14-10-22-46(50)57;1-30(2)31(3,4)38-32(37-30)22-18-17-20(19-21(22)29-33-23-11-5-8-14-26(23)36-29)34-24-12-6-9-15-27(24)35-28-16-10-7-13-25(28)34;1-28(2)20-9-3-6-12-24(20)31(25-13-7-4-10-21(25)28)18-15-16-22(29)19(17-18)27-30-23-11-5-8-14-26(23)32-27/h3-32H,1-2H3;5-19H,1-4H3;3-17H,1-2H3. The van der Waals surface area contributed by atoms with Gasteiger partial charge in [-0.05, 0) is 258 Å². The Morgan fingerprint density at radius 2 is 0.500 bits per heavy atom. The summed E-state index contributed by atoms with van der Waals surface area (Å²) in [6.07, 6.45) is 0. The van der Waals surface area contributed by atoms with E-state index in [1.807, 2.05) is 170 Å². The Morgan fingerprint density at radius 3 is 0.838 bits per heavy atom. The van der Waals surface area contributed by atoms with Crippen LogP contribution < -0.4 is 34.5 Å². The topological polar surface area (TPSA) is 154 Å². The van der Waals surface area contributed by atoms with Crippen LogP contribution in [0.25, 0.3) is 101 Å². The van der Waals surface area contributed by atoms with Crippen molar-refractivity contribution in [1.82, 2.24) is 19.9 Å². The zero-order chi connectivity index (χ0) is 87.9. The number of para-hydroxylation sites is 20. The molecule has 20 aromatic rings. The average molecular weight is 1760 g/mol. The number of hydrogen-bond donors (Lipinski definition) is 0. The van der Waals surface area contributed by atoms with Gasteiger partial charge in [-0.3, -0.25) is 0 Å². The fourth-order valence-corrected chi connectivity index (χ4v) is 19.3. The molecular weight excluding hydrogens is 1680 g/mol. The molecule has 0 aliphatic carbocycles. The molecule has 25 rings (SSSR count). The maximum Gasteiger partial charge on any atom is 0.495 e. The fraction of sp³-hybridized carbons (Fsp3) is 0.107. The van der Waals surface area contributed by atoms with Gasteiger partial charge in [0, 0.05) is 54.7 Å². The van der Waals surface area contributed by atoms with Gasteiger partial charge < -0.3 is 56.1 Å². The number of anilines is 12. The summed E-state index contributed by atoms with van der Waals surface area (Å²) in [4.78, 5) is 28.9. The van der Waals surface area contributed by atoms with Crippen LogP contribution in [0.3, 0.4) is 0 Å². The Morgan fingerprint density at radius 1 is 0.246 bits per heavy atom. The summed E-state index contributed by atoms with van der Waals surface area (Å²) in [6.45, 7) is 17.4. The quantitative estimate of drug-likeness (QED) is 0.119. The molecule has 1 fully saturated rings. The number of halogens is 1. The molecule has 4 aromatic heterocycles. The van der Waals surface area contributed by atoms with Gasteiger partial charge in [0.2, 0.25) is 23.6 Å². The minimum atomic E-state index is -0.566. The summed E-state index contributed by atoms with van der Waals surface area (Å²) in [6, 6.07) is 124. The van der Waals surface area contributed by atoms with E-state index in [0.717, 1.165) is 162 Å². The lowest BCUT2D eigenvalue weighted by Gasteiger charge is -2.42. The van der Waals surface area contributed by atoms with Crippen molar-refractivity contribution >= 4 is 141 Å². The molecule has 0 amide bonds. The highest BCUT2D eigenvalue weighted by atomic mass is 79.9. The Bertz CT molecular complexity index is 7560. The third-order valence-corrected chi connectivity index (χ3v) is 26.7. The van der Waals surface area contributed by atoms with E-state index in [9.17, 15) is 0 Å². The number of fused-ring (bicyclic) bond motifs is 12. The van der Waals surface area contributed by atoms with E-state index in [2.05, 4.69) is 285 Å². The van der Waals surface area contributed by atoms with Crippen molar-refractivity contribution in [2.24, 2.45) is 0 Å². The molecule has 5 aliphatic rings. The molecule has 0 atom stereocenters. The van der Waals surface area contributed by atoms with Crippen LogP contribution in [0.2, 0.25) is 0 Å². The van der Waals surface area contributed by atoms with Crippen molar-refractivity contribution in [2.45, 2.75) is 77.4 Å². The predicted molar refractivity (Wildman–Crippen MR) is 523 cm³/mol. The van der Waals surface area contributed by atoms with Crippen molar-refractivity contribution in [1.29, 1.82) is 0 Å². The lowest BCUT2D eigenvalue weighted by atomic mass is 9.73. The molecular formula is C112H84BBrN8O8. The number of benzene rings is 16. The van der Waals surface area contributed by atoms with Gasteiger partial charge in [0.25, 0.3) is 0 Å². The second-order valence-electron chi connectivity index (χ2n) is 35.2. The summed E-state index contributed by atoms with van der Waals surface area (Å²) < 4.78 is 52.1. The van der Waals surface area contributed by atoms with Crippen molar-refractivity contribution < 1.29 is 36.5 Å². The molecule has 16 nitrogen and oxygen atoms in total. The van der Waals surface area contributed by atoms with Gasteiger partial charge in [0.15, 0.2) is 45.3 Å². The van der Waals surface area contributed by atoms with E-state index < -0.39 is 18.3 Å². The SMILES string of the molecule is CC1(C)OB(c2ccc(N3c4ccccc4Oc4ccccc43)cc2-c2nc3ccccc3o2)OC1(C)C.CC1(C)c2ccccc2N(c2ccc(-c3ccc(N4c5ccccc5Oc5ccccc54)cc3-c3nc4ccccc4o3)c(-c3nc4ccccc4o3)c2)c2ccccc21.CC1(C)c2ccccc2N(c2ccc(Br)c(-c3nc4ccccc4o3)c2)c2ccccc21. The highest BCUT2D eigenvalue weighted by Gasteiger charge is 2.53. The molecule has 0 unspecified atom stereocenters. The second kappa shape index (κ2) is 31.0. The highest BCUT2D eigenvalue weighted by molar-refractivity contribution is 9.10.